The molecule has 166 valence electrons. The summed E-state index contributed by atoms with van der Waals surface area (Å²) in [6, 6.07) is 33.0. The smallest absolute Gasteiger partial charge is 0.126 e. The zero-order chi connectivity index (χ0) is 23.2. The quantitative estimate of drug-likeness (QED) is 0.213. The molecule has 0 nitrogen and oxygen atoms in total. The molecule has 0 aliphatic carbocycles. The maximum atomic E-state index is 3.96. The van der Waals surface area contributed by atoms with E-state index in [-0.39, 0.29) is 0 Å². The molecule has 0 saturated carbocycles. The van der Waals surface area contributed by atoms with Crippen molar-refractivity contribution in [2.24, 2.45) is 0 Å². The Morgan fingerprint density at radius 3 is 1.16 bits per heavy atom. The van der Waals surface area contributed by atoms with Crippen molar-refractivity contribution in [2.75, 3.05) is 0 Å². The second-order valence-electron chi connectivity index (χ2n) is 9.52. The minimum absolute atomic E-state index is 0.626. The molecule has 0 amide bonds. The maximum absolute atomic E-state index is 3.96. The Bertz CT molecular complexity index is 976. The van der Waals surface area contributed by atoms with Gasteiger partial charge >= 0.3 is 0 Å². The standard InChI is InChI=1S/C30H37PSi/c1-25(2)32(26(3)4,27(5)6)24-16-23-31(28-17-10-7-11-18-28,29-19-12-8-13-20-29)30-21-14-9-15-22-30/h7-15,17-23,25-27H,1-6H3. The molecule has 0 N–H and O–H groups in total. The molecule has 0 bridgehead atoms. The number of hydrogen-bond donors (Lipinski definition) is 0. The van der Waals surface area contributed by atoms with Gasteiger partial charge in [0.05, 0.1) is 0 Å². The minimum Gasteiger partial charge on any atom is -0.126 e. The third kappa shape index (κ3) is 4.59. The third-order valence-electron chi connectivity index (χ3n) is 6.90. The van der Waals surface area contributed by atoms with Gasteiger partial charge in [0, 0.05) is 0 Å². The van der Waals surface area contributed by atoms with Gasteiger partial charge in [-0.05, 0) is 45.2 Å². The molecule has 3 aromatic carbocycles. The molecule has 0 fully saturated rings. The molecule has 32 heavy (non-hydrogen) atoms. The molecular weight excluding hydrogens is 419 g/mol. The van der Waals surface area contributed by atoms with Crippen LogP contribution in [0.2, 0.25) is 16.6 Å². The molecule has 3 rings (SSSR count). The van der Waals surface area contributed by atoms with Gasteiger partial charge in [-0.2, -0.15) is 0 Å². The summed E-state index contributed by atoms with van der Waals surface area (Å²) in [6.07, 6.45) is 0. The molecule has 2 heteroatoms. The third-order valence-corrected chi connectivity index (χ3v) is 17.1. The zero-order valence-corrected chi connectivity index (χ0v) is 22.3. The van der Waals surface area contributed by atoms with Crippen molar-refractivity contribution in [3.63, 3.8) is 0 Å². The van der Waals surface area contributed by atoms with Gasteiger partial charge in [-0.15, -0.1) is 5.54 Å². The number of hydrogen-bond acceptors (Lipinski definition) is 0. The summed E-state index contributed by atoms with van der Waals surface area (Å²) in [5, 5.41) is 4.08. The van der Waals surface area contributed by atoms with E-state index in [1.165, 1.54) is 15.9 Å². The monoisotopic (exact) mass is 456 g/mol. The van der Waals surface area contributed by atoms with Gasteiger partial charge in [0.15, 0.2) is 0 Å². The molecule has 0 heterocycles. The van der Waals surface area contributed by atoms with Crippen LogP contribution in [-0.2, 0) is 0 Å². The molecular formula is C30H37PSi. The first-order valence-electron chi connectivity index (χ1n) is 11.8. The fourth-order valence-corrected chi connectivity index (χ4v) is 14.2. The van der Waals surface area contributed by atoms with E-state index in [0.717, 1.165) is 0 Å². The Morgan fingerprint density at radius 1 is 0.562 bits per heavy atom. The summed E-state index contributed by atoms with van der Waals surface area (Å²) in [5.41, 5.74) is 5.84. The fourth-order valence-electron chi connectivity index (χ4n) is 5.35. The summed E-state index contributed by atoms with van der Waals surface area (Å²) < 4.78 is 0. The van der Waals surface area contributed by atoms with Crippen LogP contribution < -0.4 is 15.9 Å². The lowest BCUT2D eigenvalue weighted by molar-refractivity contribution is 0.838. The van der Waals surface area contributed by atoms with Gasteiger partial charge in [-0.3, -0.25) is 0 Å². The van der Waals surface area contributed by atoms with E-state index >= 15 is 0 Å². The van der Waals surface area contributed by atoms with Crippen LogP contribution in [-0.4, -0.2) is 13.9 Å². The van der Waals surface area contributed by atoms with Crippen molar-refractivity contribution >= 4 is 36.7 Å². The average Bonchev–Trinajstić information content (AvgIpc) is 2.80. The molecule has 0 aliphatic rings. The molecule has 0 saturated heterocycles. The van der Waals surface area contributed by atoms with Crippen LogP contribution in [0.15, 0.2) is 91.0 Å². The van der Waals surface area contributed by atoms with Crippen molar-refractivity contribution < 1.29 is 0 Å². The summed E-state index contributed by atoms with van der Waals surface area (Å²) in [6.45, 7) is 12.3. The molecule has 0 unspecified atom stereocenters. The second kappa shape index (κ2) is 10.6. The first-order valence-corrected chi connectivity index (χ1v) is 15.9. The molecule has 0 spiro atoms. The van der Waals surface area contributed by atoms with Crippen LogP contribution in [0.4, 0.5) is 0 Å². The highest BCUT2D eigenvalue weighted by Gasteiger charge is 2.41. The van der Waals surface area contributed by atoms with Crippen LogP contribution in [0.3, 0.4) is 0 Å². The Morgan fingerprint density at radius 2 is 0.875 bits per heavy atom. The van der Waals surface area contributed by atoms with Gasteiger partial charge in [-0.1, -0.05) is 138 Å². The van der Waals surface area contributed by atoms with Gasteiger partial charge in [0.25, 0.3) is 0 Å². The van der Waals surface area contributed by atoms with Crippen LogP contribution in [0.1, 0.15) is 41.5 Å². The lowest BCUT2D eigenvalue weighted by Gasteiger charge is -2.38. The van der Waals surface area contributed by atoms with Crippen LogP contribution in [0.25, 0.3) is 0 Å². The molecule has 0 aromatic heterocycles. The number of benzene rings is 3. The van der Waals surface area contributed by atoms with E-state index < -0.39 is 15.0 Å². The van der Waals surface area contributed by atoms with Crippen molar-refractivity contribution in [2.45, 2.75) is 58.2 Å². The van der Waals surface area contributed by atoms with Gasteiger partial charge in [-0.25, -0.2) is 0 Å². The lowest BCUT2D eigenvalue weighted by Crippen LogP contribution is -2.43. The number of rotatable bonds is 6. The zero-order valence-electron chi connectivity index (χ0n) is 20.4. The first-order chi connectivity index (χ1) is 15.4. The second-order valence-corrected chi connectivity index (χ2v) is 18.4. The van der Waals surface area contributed by atoms with Gasteiger partial charge in [0.1, 0.15) is 8.07 Å². The Labute approximate surface area is 197 Å². The van der Waals surface area contributed by atoms with E-state index in [1.54, 1.807) is 0 Å². The van der Waals surface area contributed by atoms with Crippen molar-refractivity contribution in [3.05, 3.63) is 91.0 Å². The average molecular weight is 457 g/mol. The Kier molecular flexibility index (Phi) is 8.05. The van der Waals surface area contributed by atoms with Gasteiger partial charge < -0.3 is 0 Å². The summed E-state index contributed by atoms with van der Waals surface area (Å²) in [7, 11) is -1.80. The fraction of sp³-hybridized carbons (Fsp3) is 0.300. The lowest BCUT2D eigenvalue weighted by atomic mass is 10.4. The van der Waals surface area contributed by atoms with E-state index in [4.69, 9.17) is 0 Å². The van der Waals surface area contributed by atoms with Crippen LogP contribution >= 0.6 is 6.89 Å². The van der Waals surface area contributed by atoms with E-state index in [1.807, 2.05) is 0 Å². The highest BCUT2D eigenvalue weighted by Crippen LogP contribution is 2.44. The molecule has 0 radical (unpaired) electrons. The molecule has 0 atom stereocenters. The highest BCUT2D eigenvalue weighted by molar-refractivity contribution is 7.94. The normalized spacial score (nSPS) is 12.0. The Balaban J connectivity index is 2.39. The predicted molar refractivity (Wildman–Crippen MR) is 150 cm³/mol. The SMILES string of the molecule is CC(C)[Si](C#CC=P(c1ccccc1)(c1ccccc1)c1ccccc1)(C(C)C)C(C)C. The minimum atomic E-state index is -2.01. The van der Waals surface area contributed by atoms with Crippen molar-refractivity contribution in [1.29, 1.82) is 0 Å². The molecule has 0 aliphatic heterocycles. The summed E-state index contributed by atoms with van der Waals surface area (Å²) in [4.78, 5) is 0. The van der Waals surface area contributed by atoms with E-state index in [0.29, 0.717) is 16.6 Å². The van der Waals surface area contributed by atoms with Crippen LogP contribution in [0, 0.1) is 11.5 Å². The van der Waals surface area contributed by atoms with E-state index in [2.05, 4.69) is 150 Å². The highest BCUT2D eigenvalue weighted by atomic mass is 31.2. The Hall–Kier alpha value is -2.26. The van der Waals surface area contributed by atoms with Gasteiger partial charge in [0.2, 0.25) is 0 Å². The summed E-state index contributed by atoms with van der Waals surface area (Å²) in [5.74, 6) is 6.13. The first kappa shape index (κ1) is 24.4. The maximum Gasteiger partial charge on any atom is 0.146 e. The van der Waals surface area contributed by atoms with Crippen molar-refractivity contribution in [1.82, 2.24) is 0 Å². The largest absolute Gasteiger partial charge is 0.146 e. The predicted octanol–water partition coefficient (Wildman–Crippen LogP) is 7.00. The van der Waals surface area contributed by atoms with E-state index in [9.17, 15) is 0 Å². The molecule has 3 aromatic rings. The topological polar surface area (TPSA) is 0 Å². The van der Waals surface area contributed by atoms with Crippen LogP contribution in [0.5, 0.6) is 0 Å². The summed E-state index contributed by atoms with van der Waals surface area (Å²) >= 11 is 0. The van der Waals surface area contributed by atoms with Crippen molar-refractivity contribution in [3.8, 4) is 11.5 Å².